The molecule has 1 aromatic rings. The maximum absolute atomic E-state index is 13.7. The van der Waals surface area contributed by atoms with Crippen LogP contribution in [0.5, 0.6) is 0 Å². The van der Waals surface area contributed by atoms with Crippen molar-refractivity contribution in [1.29, 1.82) is 0 Å². The van der Waals surface area contributed by atoms with E-state index in [0.29, 0.717) is 6.54 Å². The standard InChI is InChI=1S/C14H20FNS/c1-11-6-8-14(10-16,9-7-11)17-13-5-3-2-4-12(13)15/h2-5,11H,6-10,16H2,1H3. The van der Waals surface area contributed by atoms with E-state index in [4.69, 9.17) is 5.73 Å². The molecule has 17 heavy (non-hydrogen) atoms. The highest BCUT2D eigenvalue weighted by atomic mass is 32.2. The van der Waals surface area contributed by atoms with Crippen LogP contribution in [0.1, 0.15) is 32.6 Å². The van der Waals surface area contributed by atoms with Gasteiger partial charge in [0.05, 0.1) is 0 Å². The molecule has 0 amide bonds. The van der Waals surface area contributed by atoms with E-state index in [2.05, 4.69) is 6.92 Å². The molecule has 1 saturated carbocycles. The summed E-state index contributed by atoms with van der Waals surface area (Å²) in [4.78, 5) is 0.743. The van der Waals surface area contributed by atoms with Gasteiger partial charge in [0.2, 0.25) is 0 Å². The number of benzene rings is 1. The molecule has 0 atom stereocenters. The number of hydrogen-bond donors (Lipinski definition) is 1. The fourth-order valence-corrected chi connectivity index (χ4v) is 3.70. The smallest absolute Gasteiger partial charge is 0.136 e. The zero-order valence-electron chi connectivity index (χ0n) is 10.3. The third-order valence-corrected chi connectivity index (χ3v) is 5.28. The second-order valence-corrected chi connectivity index (χ2v) is 6.61. The van der Waals surface area contributed by atoms with E-state index in [1.165, 1.54) is 18.9 Å². The van der Waals surface area contributed by atoms with Crippen molar-refractivity contribution in [2.75, 3.05) is 6.54 Å². The molecule has 94 valence electrons. The van der Waals surface area contributed by atoms with Gasteiger partial charge in [0.25, 0.3) is 0 Å². The second-order valence-electron chi connectivity index (χ2n) is 5.10. The van der Waals surface area contributed by atoms with Crippen LogP contribution < -0.4 is 5.73 Å². The van der Waals surface area contributed by atoms with Gasteiger partial charge in [0.15, 0.2) is 0 Å². The summed E-state index contributed by atoms with van der Waals surface area (Å²) in [6.45, 7) is 2.92. The first kappa shape index (κ1) is 12.9. The van der Waals surface area contributed by atoms with Crippen molar-refractivity contribution in [2.45, 2.75) is 42.2 Å². The Bertz CT molecular complexity index is 372. The molecular formula is C14H20FNS. The number of hydrogen-bond acceptors (Lipinski definition) is 2. The predicted octanol–water partition coefficient (Wildman–Crippen LogP) is 3.83. The molecule has 1 aliphatic carbocycles. The Labute approximate surface area is 107 Å². The van der Waals surface area contributed by atoms with Crippen LogP contribution in [-0.4, -0.2) is 11.3 Å². The van der Waals surface area contributed by atoms with Gasteiger partial charge in [-0.2, -0.15) is 0 Å². The largest absolute Gasteiger partial charge is 0.329 e. The SMILES string of the molecule is CC1CCC(CN)(Sc2ccccc2F)CC1. The summed E-state index contributed by atoms with van der Waals surface area (Å²) in [5.74, 6) is 0.667. The molecule has 0 unspecified atom stereocenters. The first-order valence-electron chi connectivity index (χ1n) is 6.29. The highest BCUT2D eigenvalue weighted by Gasteiger charge is 2.34. The zero-order valence-corrected chi connectivity index (χ0v) is 11.1. The van der Waals surface area contributed by atoms with Crippen LogP contribution in [0.15, 0.2) is 29.2 Å². The Morgan fingerprint density at radius 2 is 2.00 bits per heavy atom. The van der Waals surface area contributed by atoms with E-state index in [9.17, 15) is 4.39 Å². The highest BCUT2D eigenvalue weighted by molar-refractivity contribution is 8.00. The summed E-state index contributed by atoms with van der Waals surface area (Å²) in [5.41, 5.74) is 5.94. The van der Waals surface area contributed by atoms with E-state index in [1.54, 1.807) is 17.8 Å². The van der Waals surface area contributed by atoms with Gasteiger partial charge < -0.3 is 5.73 Å². The molecule has 1 aromatic carbocycles. The molecule has 0 bridgehead atoms. The first-order chi connectivity index (χ1) is 8.15. The third-order valence-electron chi connectivity index (χ3n) is 3.72. The molecule has 0 aliphatic heterocycles. The maximum Gasteiger partial charge on any atom is 0.136 e. The van der Waals surface area contributed by atoms with Crippen LogP contribution in [0, 0.1) is 11.7 Å². The fourth-order valence-electron chi connectivity index (χ4n) is 2.40. The lowest BCUT2D eigenvalue weighted by Gasteiger charge is -2.38. The molecule has 2 N–H and O–H groups in total. The van der Waals surface area contributed by atoms with E-state index in [-0.39, 0.29) is 10.6 Å². The number of halogens is 1. The van der Waals surface area contributed by atoms with E-state index >= 15 is 0 Å². The highest BCUT2D eigenvalue weighted by Crippen LogP contribution is 2.45. The Morgan fingerprint density at radius 1 is 1.35 bits per heavy atom. The number of rotatable bonds is 3. The van der Waals surface area contributed by atoms with Crippen LogP contribution >= 0.6 is 11.8 Å². The van der Waals surface area contributed by atoms with Gasteiger partial charge in [-0.15, -0.1) is 11.8 Å². The minimum absolute atomic E-state index is 0.0503. The molecule has 0 spiro atoms. The summed E-state index contributed by atoms with van der Waals surface area (Å²) < 4.78 is 13.7. The van der Waals surface area contributed by atoms with Gasteiger partial charge in [-0.05, 0) is 43.7 Å². The molecular weight excluding hydrogens is 233 g/mol. The van der Waals surface area contributed by atoms with E-state index < -0.39 is 0 Å². The van der Waals surface area contributed by atoms with E-state index in [1.807, 2.05) is 12.1 Å². The van der Waals surface area contributed by atoms with Gasteiger partial charge in [-0.1, -0.05) is 19.1 Å². The summed E-state index contributed by atoms with van der Waals surface area (Å²) >= 11 is 1.64. The average Bonchev–Trinajstić information content (AvgIpc) is 2.35. The predicted molar refractivity (Wildman–Crippen MR) is 71.7 cm³/mol. The lowest BCUT2D eigenvalue weighted by molar-refractivity contribution is 0.323. The molecule has 2 rings (SSSR count). The Hall–Kier alpha value is -0.540. The van der Waals surface area contributed by atoms with Gasteiger partial charge in [-0.25, -0.2) is 4.39 Å². The molecule has 1 nitrogen and oxygen atoms in total. The van der Waals surface area contributed by atoms with Crippen LogP contribution in [0.25, 0.3) is 0 Å². The molecule has 0 heterocycles. The van der Waals surface area contributed by atoms with Gasteiger partial charge >= 0.3 is 0 Å². The first-order valence-corrected chi connectivity index (χ1v) is 7.10. The van der Waals surface area contributed by atoms with Crippen LogP contribution in [0.4, 0.5) is 4.39 Å². The lowest BCUT2D eigenvalue weighted by Crippen LogP contribution is -2.38. The minimum atomic E-state index is -0.121. The summed E-state index contributed by atoms with van der Waals surface area (Å²) in [6.07, 6.45) is 4.62. The van der Waals surface area contributed by atoms with Gasteiger partial charge in [0.1, 0.15) is 5.82 Å². The monoisotopic (exact) mass is 253 g/mol. The average molecular weight is 253 g/mol. The quantitative estimate of drug-likeness (QED) is 0.886. The van der Waals surface area contributed by atoms with Crippen LogP contribution in [0.3, 0.4) is 0 Å². The fraction of sp³-hybridized carbons (Fsp3) is 0.571. The molecule has 1 fully saturated rings. The molecule has 0 aromatic heterocycles. The molecule has 0 radical (unpaired) electrons. The lowest BCUT2D eigenvalue weighted by atomic mass is 9.82. The van der Waals surface area contributed by atoms with Crippen molar-refractivity contribution < 1.29 is 4.39 Å². The van der Waals surface area contributed by atoms with Gasteiger partial charge in [0, 0.05) is 16.2 Å². The van der Waals surface area contributed by atoms with Crippen molar-refractivity contribution in [2.24, 2.45) is 11.7 Å². The number of thioether (sulfide) groups is 1. The Kier molecular flexibility index (Phi) is 4.10. The summed E-state index contributed by atoms with van der Waals surface area (Å²) in [5, 5.41) is 0. The molecule has 1 aliphatic rings. The maximum atomic E-state index is 13.7. The summed E-state index contributed by atoms with van der Waals surface area (Å²) in [7, 11) is 0. The number of nitrogens with two attached hydrogens (primary N) is 1. The molecule has 3 heteroatoms. The second kappa shape index (κ2) is 5.40. The van der Waals surface area contributed by atoms with Gasteiger partial charge in [-0.3, -0.25) is 0 Å². The zero-order chi connectivity index (χ0) is 12.3. The van der Waals surface area contributed by atoms with Crippen LogP contribution in [-0.2, 0) is 0 Å². The van der Waals surface area contributed by atoms with Crippen molar-refractivity contribution in [3.63, 3.8) is 0 Å². The van der Waals surface area contributed by atoms with Crippen LogP contribution in [0.2, 0.25) is 0 Å². The summed E-state index contributed by atoms with van der Waals surface area (Å²) in [6, 6.07) is 7.01. The minimum Gasteiger partial charge on any atom is -0.329 e. The van der Waals surface area contributed by atoms with E-state index in [0.717, 1.165) is 23.7 Å². The topological polar surface area (TPSA) is 26.0 Å². The normalized spacial score (nSPS) is 29.2. The Morgan fingerprint density at radius 3 is 2.59 bits per heavy atom. The van der Waals surface area contributed by atoms with Crippen molar-refractivity contribution in [3.8, 4) is 0 Å². The van der Waals surface area contributed by atoms with Crippen molar-refractivity contribution >= 4 is 11.8 Å². The Balaban J connectivity index is 2.12. The third kappa shape index (κ3) is 3.02. The van der Waals surface area contributed by atoms with Crippen molar-refractivity contribution in [1.82, 2.24) is 0 Å². The molecule has 0 saturated heterocycles. The van der Waals surface area contributed by atoms with Crippen molar-refractivity contribution in [3.05, 3.63) is 30.1 Å².